The van der Waals surface area contributed by atoms with Crippen molar-refractivity contribution in [1.82, 2.24) is 0 Å². The van der Waals surface area contributed by atoms with Crippen LogP contribution in [0.5, 0.6) is 0 Å². The molecule has 4 rings (SSSR count). The van der Waals surface area contributed by atoms with Gasteiger partial charge in [0.05, 0.1) is 7.11 Å². The van der Waals surface area contributed by atoms with Gasteiger partial charge in [-0.05, 0) is 115 Å². The van der Waals surface area contributed by atoms with Crippen molar-refractivity contribution in [2.24, 2.45) is 50.7 Å². The van der Waals surface area contributed by atoms with E-state index in [1.807, 2.05) is 0 Å². The van der Waals surface area contributed by atoms with E-state index in [0.29, 0.717) is 45.8 Å². The van der Waals surface area contributed by atoms with Gasteiger partial charge in [-0.3, -0.25) is 0 Å². The lowest BCUT2D eigenvalue weighted by atomic mass is 9.33. The van der Waals surface area contributed by atoms with E-state index in [1.165, 1.54) is 64.9 Å². The molecule has 3 nitrogen and oxygen atoms in total. The van der Waals surface area contributed by atoms with Crippen molar-refractivity contribution in [3.63, 3.8) is 0 Å². The molecule has 0 aromatic carbocycles. The lowest BCUT2D eigenvalue weighted by Crippen LogP contribution is -2.64. The van der Waals surface area contributed by atoms with Crippen LogP contribution in [0.4, 0.5) is 0 Å². The van der Waals surface area contributed by atoms with Gasteiger partial charge in [-0.15, -0.1) is 0 Å². The Balaban J connectivity index is 1.68. The molecule has 0 radical (unpaired) electrons. The number of aliphatic hydroxyl groups is 1. The Morgan fingerprint density at radius 3 is 2.24 bits per heavy atom. The standard InChI is InChI=1S/C30H52O3/c1-9-27(4)12-11-21-20(22(27)18-23(31)25(32)33-8)10-13-30(7)24-19-26(2,3)14-15-28(24,5)16-17-29(21,30)6/h20-24,31H,9-19H2,1-8H3. The van der Waals surface area contributed by atoms with Crippen molar-refractivity contribution in [3.8, 4) is 0 Å². The van der Waals surface area contributed by atoms with Gasteiger partial charge in [0.15, 0.2) is 6.10 Å². The largest absolute Gasteiger partial charge is 0.467 e. The molecule has 0 aliphatic heterocycles. The molecule has 33 heavy (non-hydrogen) atoms. The minimum absolute atomic E-state index is 0.205. The summed E-state index contributed by atoms with van der Waals surface area (Å²) in [6, 6.07) is 0. The van der Waals surface area contributed by atoms with E-state index in [1.54, 1.807) is 0 Å². The molecule has 4 aliphatic rings. The summed E-state index contributed by atoms with van der Waals surface area (Å²) >= 11 is 0. The summed E-state index contributed by atoms with van der Waals surface area (Å²) in [4.78, 5) is 12.2. The fourth-order valence-electron chi connectivity index (χ4n) is 10.0. The second-order valence-corrected chi connectivity index (χ2v) is 14.6. The molecule has 0 spiro atoms. The molecule has 9 unspecified atom stereocenters. The Morgan fingerprint density at radius 2 is 1.61 bits per heavy atom. The van der Waals surface area contributed by atoms with Crippen molar-refractivity contribution in [3.05, 3.63) is 0 Å². The van der Waals surface area contributed by atoms with Crippen molar-refractivity contribution in [1.29, 1.82) is 0 Å². The van der Waals surface area contributed by atoms with Crippen LogP contribution in [-0.4, -0.2) is 24.3 Å². The van der Waals surface area contributed by atoms with Gasteiger partial charge in [-0.25, -0.2) is 4.79 Å². The van der Waals surface area contributed by atoms with Gasteiger partial charge in [0.1, 0.15) is 0 Å². The van der Waals surface area contributed by atoms with Crippen LogP contribution < -0.4 is 0 Å². The van der Waals surface area contributed by atoms with Gasteiger partial charge in [0.25, 0.3) is 0 Å². The summed E-state index contributed by atoms with van der Waals surface area (Å²) in [6.45, 7) is 17.7. The number of carbonyl (C=O) groups is 1. The van der Waals surface area contributed by atoms with E-state index in [9.17, 15) is 9.90 Å². The molecule has 1 N–H and O–H groups in total. The minimum Gasteiger partial charge on any atom is -0.467 e. The molecule has 0 aromatic rings. The first kappa shape index (κ1) is 25.5. The van der Waals surface area contributed by atoms with Crippen molar-refractivity contribution in [2.45, 2.75) is 125 Å². The highest BCUT2D eigenvalue weighted by atomic mass is 16.5. The third-order valence-corrected chi connectivity index (χ3v) is 12.8. The summed E-state index contributed by atoms with van der Waals surface area (Å²) in [5.41, 5.74) is 1.92. The van der Waals surface area contributed by atoms with Crippen molar-refractivity contribution in [2.75, 3.05) is 7.11 Å². The third kappa shape index (κ3) is 3.82. The Morgan fingerprint density at radius 1 is 0.939 bits per heavy atom. The zero-order chi connectivity index (χ0) is 24.4. The highest BCUT2D eigenvalue weighted by Gasteiger charge is 2.67. The van der Waals surface area contributed by atoms with Crippen molar-refractivity contribution < 1.29 is 14.6 Å². The highest BCUT2D eigenvalue weighted by Crippen LogP contribution is 2.75. The zero-order valence-corrected chi connectivity index (χ0v) is 22.9. The summed E-state index contributed by atoms with van der Waals surface area (Å²) in [6.07, 6.45) is 12.7. The Kier molecular flexibility index (Phi) is 6.37. The Bertz CT molecular complexity index is 760. The van der Waals surface area contributed by atoms with E-state index in [-0.39, 0.29) is 5.41 Å². The molecule has 4 fully saturated rings. The number of rotatable bonds is 4. The first-order chi connectivity index (χ1) is 15.3. The van der Waals surface area contributed by atoms with Crippen LogP contribution in [0.3, 0.4) is 0 Å². The fourth-order valence-corrected chi connectivity index (χ4v) is 10.0. The predicted molar refractivity (Wildman–Crippen MR) is 135 cm³/mol. The number of methoxy groups -OCH3 is 1. The van der Waals surface area contributed by atoms with Gasteiger partial charge >= 0.3 is 5.97 Å². The number of hydrogen-bond acceptors (Lipinski definition) is 3. The maximum absolute atomic E-state index is 12.2. The number of hydrogen-bond donors (Lipinski definition) is 1. The quantitative estimate of drug-likeness (QED) is 0.444. The molecule has 3 heteroatoms. The van der Waals surface area contributed by atoms with Crippen LogP contribution in [0.15, 0.2) is 0 Å². The summed E-state index contributed by atoms with van der Waals surface area (Å²) in [7, 11) is 1.39. The van der Waals surface area contributed by atoms with Gasteiger partial charge in [-0.1, -0.05) is 54.9 Å². The maximum atomic E-state index is 12.2. The fraction of sp³-hybridized carbons (Fsp3) is 0.967. The molecule has 0 aromatic heterocycles. The lowest BCUT2D eigenvalue weighted by Gasteiger charge is -2.71. The maximum Gasteiger partial charge on any atom is 0.334 e. The molecule has 0 amide bonds. The molecule has 0 heterocycles. The number of esters is 1. The smallest absolute Gasteiger partial charge is 0.334 e. The molecule has 190 valence electrons. The lowest BCUT2D eigenvalue weighted by molar-refractivity contribution is -0.226. The monoisotopic (exact) mass is 460 g/mol. The van der Waals surface area contributed by atoms with E-state index in [2.05, 4.69) is 48.5 Å². The predicted octanol–water partition coefficient (Wildman–Crippen LogP) is 7.40. The van der Waals surface area contributed by atoms with Crippen LogP contribution in [0.1, 0.15) is 119 Å². The van der Waals surface area contributed by atoms with Gasteiger partial charge in [0.2, 0.25) is 0 Å². The Labute approximate surface area is 203 Å². The van der Waals surface area contributed by atoms with Gasteiger partial charge in [0, 0.05) is 0 Å². The summed E-state index contributed by atoms with van der Waals surface area (Å²) < 4.78 is 4.91. The Hall–Kier alpha value is -0.570. The molecular weight excluding hydrogens is 408 g/mol. The first-order valence-electron chi connectivity index (χ1n) is 14.0. The van der Waals surface area contributed by atoms with Crippen molar-refractivity contribution >= 4 is 5.97 Å². The normalized spacial score (nSPS) is 49.8. The average molecular weight is 461 g/mol. The van der Waals surface area contributed by atoms with E-state index in [4.69, 9.17) is 4.74 Å². The number of fused-ring (bicyclic) bond motifs is 5. The topological polar surface area (TPSA) is 46.5 Å². The first-order valence-corrected chi connectivity index (χ1v) is 14.0. The number of aliphatic hydroxyl groups excluding tert-OH is 1. The minimum atomic E-state index is -0.987. The van der Waals surface area contributed by atoms with E-state index < -0.39 is 12.1 Å². The molecule has 4 saturated carbocycles. The van der Waals surface area contributed by atoms with Gasteiger partial charge in [-0.2, -0.15) is 0 Å². The average Bonchev–Trinajstić information content (AvgIpc) is 2.77. The second kappa shape index (κ2) is 8.24. The van der Waals surface area contributed by atoms with Gasteiger partial charge < -0.3 is 9.84 Å². The second-order valence-electron chi connectivity index (χ2n) is 14.6. The third-order valence-electron chi connectivity index (χ3n) is 12.8. The number of ether oxygens (including phenoxy) is 1. The number of carbonyl (C=O) groups excluding carboxylic acids is 1. The molecule has 4 aliphatic carbocycles. The highest BCUT2D eigenvalue weighted by molar-refractivity contribution is 5.74. The molecule has 0 bridgehead atoms. The van der Waals surface area contributed by atoms with Crippen LogP contribution in [0.25, 0.3) is 0 Å². The van der Waals surface area contributed by atoms with Crippen LogP contribution in [0, 0.1) is 50.7 Å². The van der Waals surface area contributed by atoms with Crippen LogP contribution in [-0.2, 0) is 9.53 Å². The summed E-state index contributed by atoms with van der Waals surface area (Å²) in [5, 5.41) is 10.7. The van der Waals surface area contributed by atoms with Crippen LogP contribution in [0.2, 0.25) is 0 Å². The van der Waals surface area contributed by atoms with Crippen LogP contribution >= 0.6 is 0 Å². The molecular formula is C30H52O3. The van der Waals surface area contributed by atoms with E-state index in [0.717, 1.165) is 12.3 Å². The van der Waals surface area contributed by atoms with E-state index >= 15 is 0 Å². The molecule has 0 saturated heterocycles. The zero-order valence-electron chi connectivity index (χ0n) is 22.9. The molecule has 9 atom stereocenters. The summed E-state index contributed by atoms with van der Waals surface area (Å²) in [5.74, 6) is 2.07. The SMILES string of the molecule is CCC1(C)CCC2C(CCC3(C)C4CC(C)(C)CCC4(C)CCC23C)C1CC(O)C(=O)OC.